The van der Waals surface area contributed by atoms with Crippen LogP contribution in [0.3, 0.4) is 0 Å². The molecule has 2 aromatic rings. The number of benzene rings is 2. The van der Waals surface area contributed by atoms with Gasteiger partial charge in [-0.2, -0.15) is 0 Å². The van der Waals surface area contributed by atoms with Crippen LogP contribution in [0.25, 0.3) is 0 Å². The number of aromatic hydroxyl groups is 1. The van der Waals surface area contributed by atoms with Gasteiger partial charge in [0.1, 0.15) is 5.75 Å². The summed E-state index contributed by atoms with van der Waals surface area (Å²) in [5.74, 6) is 0.258. The van der Waals surface area contributed by atoms with Gasteiger partial charge in [0.05, 0.1) is 6.10 Å². The topological polar surface area (TPSA) is 52.5 Å². The smallest absolute Gasteiger partial charge is 0.120 e. The van der Waals surface area contributed by atoms with Gasteiger partial charge in [-0.25, -0.2) is 0 Å². The normalized spacial score (nSPS) is 13.9. The number of halogens is 1. The van der Waals surface area contributed by atoms with Crippen molar-refractivity contribution in [3.63, 3.8) is 0 Å². The quantitative estimate of drug-likeness (QED) is 0.792. The van der Waals surface area contributed by atoms with E-state index in [0.717, 1.165) is 11.1 Å². The minimum Gasteiger partial charge on any atom is -0.508 e. The van der Waals surface area contributed by atoms with Crippen molar-refractivity contribution >= 4 is 11.6 Å². The maximum atomic E-state index is 10.3. The maximum Gasteiger partial charge on any atom is 0.120 e. The first kappa shape index (κ1) is 14.9. The number of phenolic OH excluding ortho intramolecular Hbond substituents is 1. The van der Waals surface area contributed by atoms with E-state index in [9.17, 15) is 10.2 Å². The molecule has 0 bridgehead atoms. The molecule has 0 spiro atoms. The molecule has 0 saturated carbocycles. The molecule has 0 amide bonds. The molecule has 3 nitrogen and oxygen atoms in total. The van der Waals surface area contributed by atoms with Gasteiger partial charge in [0.15, 0.2) is 0 Å². The van der Waals surface area contributed by atoms with Crippen LogP contribution < -0.4 is 5.32 Å². The van der Waals surface area contributed by atoms with Crippen molar-refractivity contribution in [1.29, 1.82) is 0 Å². The van der Waals surface area contributed by atoms with Crippen LogP contribution >= 0.6 is 11.6 Å². The first-order valence-electron chi connectivity index (χ1n) is 6.51. The predicted octanol–water partition coefficient (Wildman–Crippen LogP) is 3.26. The fourth-order valence-electron chi connectivity index (χ4n) is 1.99. The number of aliphatic hydroxyl groups is 1. The van der Waals surface area contributed by atoms with E-state index in [1.165, 1.54) is 0 Å². The minimum absolute atomic E-state index is 0.143. The highest BCUT2D eigenvalue weighted by atomic mass is 35.5. The molecule has 0 radical (unpaired) electrons. The van der Waals surface area contributed by atoms with E-state index < -0.39 is 6.10 Å². The first-order valence-corrected chi connectivity index (χ1v) is 6.89. The van der Waals surface area contributed by atoms with Crippen molar-refractivity contribution in [1.82, 2.24) is 5.32 Å². The molecular weight excluding hydrogens is 274 g/mol. The van der Waals surface area contributed by atoms with Crippen LogP contribution in [0.1, 0.15) is 24.2 Å². The second kappa shape index (κ2) is 6.75. The Labute approximate surface area is 123 Å². The molecule has 2 aromatic carbocycles. The number of nitrogens with one attached hydrogen (secondary N) is 1. The van der Waals surface area contributed by atoms with Crippen molar-refractivity contribution in [2.24, 2.45) is 0 Å². The lowest BCUT2D eigenvalue weighted by Crippen LogP contribution is -2.31. The summed E-state index contributed by atoms with van der Waals surface area (Å²) in [6, 6.07) is 14.2. The van der Waals surface area contributed by atoms with Crippen LogP contribution in [0.5, 0.6) is 5.75 Å². The van der Waals surface area contributed by atoms with Gasteiger partial charge in [-0.05, 0) is 30.7 Å². The molecule has 20 heavy (non-hydrogen) atoms. The van der Waals surface area contributed by atoms with Crippen molar-refractivity contribution in [2.75, 3.05) is 0 Å². The second-order valence-corrected chi connectivity index (χ2v) is 5.23. The van der Waals surface area contributed by atoms with E-state index in [1.54, 1.807) is 24.3 Å². The van der Waals surface area contributed by atoms with Crippen LogP contribution in [0.4, 0.5) is 0 Å². The summed E-state index contributed by atoms with van der Waals surface area (Å²) < 4.78 is 0. The Bertz CT molecular complexity index is 557. The number of hydrogen-bond donors (Lipinski definition) is 3. The van der Waals surface area contributed by atoms with Crippen molar-refractivity contribution in [2.45, 2.75) is 25.6 Å². The zero-order valence-corrected chi connectivity index (χ0v) is 12.0. The fourth-order valence-corrected chi connectivity index (χ4v) is 2.12. The summed E-state index contributed by atoms with van der Waals surface area (Å²) in [6.45, 7) is 2.40. The highest BCUT2D eigenvalue weighted by Gasteiger charge is 2.16. The first-order chi connectivity index (χ1) is 9.58. The Morgan fingerprint density at radius 1 is 1.10 bits per heavy atom. The second-order valence-electron chi connectivity index (χ2n) is 4.79. The number of para-hydroxylation sites is 1. The summed E-state index contributed by atoms with van der Waals surface area (Å²) in [5, 5.41) is 23.8. The largest absolute Gasteiger partial charge is 0.508 e. The summed E-state index contributed by atoms with van der Waals surface area (Å²) in [7, 11) is 0. The molecule has 0 aliphatic rings. The lowest BCUT2D eigenvalue weighted by atomic mass is 10.0. The molecule has 106 valence electrons. The summed E-state index contributed by atoms with van der Waals surface area (Å²) in [5.41, 5.74) is 1.62. The molecule has 0 aliphatic carbocycles. The maximum absolute atomic E-state index is 10.3. The lowest BCUT2D eigenvalue weighted by Gasteiger charge is -2.21. The summed E-state index contributed by atoms with van der Waals surface area (Å²) >= 11 is 5.83. The van der Waals surface area contributed by atoms with Gasteiger partial charge in [-0.15, -0.1) is 0 Å². The van der Waals surface area contributed by atoms with Gasteiger partial charge in [-0.1, -0.05) is 41.9 Å². The van der Waals surface area contributed by atoms with Gasteiger partial charge in [0, 0.05) is 23.2 Å². The molecule has 2 rings (SSSR count). The predicted molar refractivity (Wildman–Crippen MR) is 80.8 cm³/mol. The highest BCUT2D eigenvalue weighted by Crippen LogP contribution is 2.20. The Morgan fingerprint density at radius 3 is 2.40 bits per heavy atom. The molecule has 2 unspecified atom stereocenters. The van der Waals surface area contributed by atoms with E-state index in [-0.39, 0.29) is 11.8 Å². The Hall–Kier alpha value is -1.55. The van der Waals surface area contributed by atoms with Crippen molar-refractivity contribution in [3.8, 4) is 5.75 Å². The monoisotopic (exact) mass is 291 g/mol. The zero-order chi connectivity index (χ0) is 14.5. The van der Waals surface area contributed by atoms with Gasteiger partial charge in [-0.3, -0.25) is 0 Å². The zero-order valence-electron chi connectivity index (χ0n) is 11.3. The number of hydrogen-bond acceptors (Lipinski definition) is 3. The van der Waals surface area contributed by atoms with E-state index in [4.69, 9.17) is 11.6 Å². The van der Waals surface area contributed by atoms with E-state index in [0.29, 0.717) is 11.6 Å². The SMILES string of the molecule is CC(NCc1ccccc1O)C(O)c1ccc(Cl)cc1. The minimum atomic E-state index is -0.627. The van der Waals surface area contributed by atoms with Gasteiger partial charge >= 0.3 is 0 Å². The molecule has 0 aromatic heterocycles. The standard InChI is InChI=1S/C16H18ClNO2/c1-11(16(20)12-6-8-14(17)9-7-12)18-10-13-4-2-3-5-15(13)19/h2-9,11,16,18-20H,10H2,1H3. The van der Waals surface area contributed by atoms with Gasteiger partial charge in [0.2, 0.25) is 0 Å². The number of aliphatic hydroxyl groups excluding tert-OH is 1. The van der Waals surface area contributed by atoms with Crippen molar-refractivity contribution in [3.05, 3.63) is 64.7 Å². The van der Waals surface area contributed by atoms with E-state index in [2.05, 4.69) is 5.32 Å². The Kier molecular flexibility index (Phi) is 5.01. The molecule has 0 heterocycles. The van der Waals surface area contributed by atoms with Crippen molar-refractivity contribution < 1.29 is 10.2 Å². The summed E-state index contributed by atoms with van der Waals surface area (Å²) in [6.07, 6.45) is -0.627. The molecule has 0 aliphatic heterocycles. The summed E-state index contributed by atoms with van der Waals surface area (Å²) in [4.78, 5) is 0. The molecule has 4 heteroatoms. The molecule has 0 fully saturated rings. The molecular formula is C16H18ClNO2. The van der Waals surface area contributed by atoms with Crippen LogP contribution in [0.2, 0.25) is 5.02 Å². The highest BCUT2D eigenvalue weighted by molar-refractivity contribution is 6.30. The Morgan fingerprint density at radius 2 is 1.75 bits per heavy atom. The lowest BCUT2D eigenvalue weighted by molar-refractivity contribution is 0.135. The molecule has 2 atom stereocenters. The number of phenols is 1. The average Bonchev–Trinajstić information content (AvgIpc) is 2.46. The fraction of sp³-hybridized carbons (Fsp3) is 0.250. The average molecular weight is 292 g/mol. The molecule has 0 saturated heterocycles. The number of rotatable bonds is 5. The third-order valence-electron chi connectivity index (χ3n) is 3.29. The van der Waals surface area contributed by atoms with E-state index >= 15 is 0 Å². The molecule has 3 N–H and O–H groups in total. The van der Waals surface area contributed by atoms with Crippen LogP contribution in [0, 0.1) is 0 Å². The van der Waals surface area contributed by atoms with Crippen LogP contribution in [0.15, 0.2) is 48.5 Å². The van der Waals surface area contributed by atoms with Gasteiger partial charge in [0.25, 0.3) is 0 Å². The third-order valence-corrected chi connectivity index (χ3v) is 3.54. The van der Waals surface area contributed by atoms with Crippen LogP contribution in [-0.4, -0.2) is 16.3 Å². The Balaban J connectivity index is 1.96. The van der Waals surface area contributed by atoms with E-state index in [1.807, 2.05) is 31.2 Å². The third kappa shape index (κ3) is 3.73. The van der Waals surface area contributed by atoms with Gasteiger partial charge < -0.3 is 15.5 Å². The van der Waals surface area contributed by atoms with Crippen LogP contribution in [-0.2, 0) is 6.54 Å².